The van der Waals surface area contributed by atoms with Gasteiger partial charge in [-0.25, -0.2) is 0 Å². The number of morpholine rings is 1. The smallest absolute Gasteiger partial charge is 0.244 e. The molecule has 0 bridgehead atoms. The first-order valence-corrected chi connectivity index (χ1v) is 8.83. The zero-order chi connectivity index (χ0) is 18.2. The van der Waals surface area contributed by atoms with Crippen LogP contribution in [0.1, 0.15) is 17.2 Å². The molecule has 2 aromatic carbocycles. The third kappa shape index (κ3) is 4.94. The Bertz CT molecular complexity index is 740. The standard InChI is InChI=1S/C21H24N2O3/c24-16-20(22-21(25)10-9-17-5-2-1-3-6-17)18-7-4-8-19(15-18)23-11-13-26-14-12-23/h1-10,15,20,24H,11-14,16H2,(H,22,25)/b10-9+/t20-/m0/s1. The molecule has 5 nitrogen and oxygen atoms in total. The number of aliphatic hydroxyl groups excluding tert-OH is 1. The Morgan fingerprint density at radius 1 is 1.15 bits per heavy atom. The zero-order valence-electron chi connectivity index (χ0n) is 14.7. The number of amides is 1. The van der Waals surface area contributed by atoms with Crippen LogP contribution in [-0.2, 0) is 9.53 Å². The number of carbonyl (C=O) groups excluding carboxylic acids is 1. The van der Waals surface area contributed by atoms with Gasteiger partial charge in [0.2, 0.25) is 5.91 Å². The van der Waals surface area contributed by atoms with Crippen LogP contribution in [0.3, 0.4) is 0 Å². The minimum absolute atomic E-state index is 0.155. The molecule has 0 saturated carbocycles. The van der Waals surface area contributed by atoms with Gasteiger partial charge < -0.3 is 20.1 Å². The number of anilines is 1. The van der Waals surface area contributed by atoms with E-state index in [2.05, 4.69) is 10.2 Å². The van der Waals surface area contributed by atoms with Gasteiger partial charge in [0, 0.05) is 24.9 Å². The Labute approximate surface area is 153 Å². The number of ether oxygens (including phenoxy) is 1. The van der Waals surface area contributed by atoms with Gasteiger partial charge in [0.1, 0.15) is 0 Å². The zero-order valence-corrected chi connectivity index (χ0v) is 14.7. The molecule has 136 valence electrons. The summed E-state index contributed by atoms with van der Waals surface area (Å²) in [5.41, 5.74) is 2.92. The summed E-state index contributed by atoms with van der Waals surface area (Å²) in [6.45, 7) is 2.97. The van der Waals surface area contributed by atoms with Crippen molar-refractivity contribution in [3.05, 3.63) is 71.8 Å². The maximum Gasteiger partial charge on any atom is 0.244 e. The minimum Gasteiger partial charge on any atom is -0.394 e. The molecule has 0 radical (unpaired) electrons. The van der Waals surface area contributed by atoms with Crippen LogP contribution in [-0.4, -0.2) is 43.9 Å². The van der Waals surface area contributed by atoms with Gasteiger partial charge in [0.25, 0.3) is 0 Å². The number of benzene rings is 2. The van der Waals surface area contributed by atoms with Crippen LogP contribution in [0.5, 0.6) is 0 Å². The van der Waals surface area contributed by atoms with Crippen molar-refractivity contribution in [2.45, 2.75) is 6.04 Å². The summed E-state index contributed by atoms with van der Waals surface area (Å²) >= 11 is 0. The largest absolute Gasteiger partial charge is 0.394 e. The molecule has 1 fully saturated rings. The first-order valence-electron chi connectivity index (χ1n) is 8.83. The van der Waals surface area contributed by atoms with Gasteiger partial charge in [-0.1, -0.05) is 42.5 Å². The lowest BCUT2D eigenvalue weighted by atomic mass is 10.1. The Kier molecular flexibility index (Phi) is 6.41. The second kappa shape index (κ2) is 9.17. The van der Waals surface area contributed by atoms with Gasteiger partial charge in [-0.2, -0.15) is 0 Å². The van der Waals surface area contributed by atoms with Gasteiger partial charge >= 0.3 is 0 Å². The van der Waals surface area contributed by atoms with E-state index in [4.69, 9.17) is 4.74 Å². The Hall–Kier alpha value is -2.63. The van der Waals surface area contributed by atoms with E-state index in [1.54, 1.807) is 6.08 Å². The number of hydrogen-bond acceptors (Lipinski definition) is 4. The predicted molar refractivity (Wildman–Crippen MR) is 103 cm³/mol. The average molecular weight is 352 g/mol. The molecule has 2 N–H and O–H groups in total. The molecule has 3 rings (SSSR count). The SMILES string of the molecule is O=C(/C=C/c1ccccc1)N[C@@H](CO)c1cccc(N2CCOCC2)c1. The Balaban J connectivity index is 1.66. The van der Waals surface area contributed by atoms with Crippen LogP contribution in [0.15, 0.2) is 60.7 Å². The summed E-state index contributed by atoms with van der Waals surface area (Å²) in [6.07, 6.45) is 3.25. The number of carbonyl (C=O) groups is 1. The highest BCUT2D eigenvalue weighted by Crippen LogP contribution is 2.21. The average Bonchev–Trinajstić information content (AvgIpc) is 2.72. The summed E-state index contributed by atoms with van der Waals surface area (Å²) in [4.78, 5) is 14.5. The van der Waals surface area contributed by atoms with Crippen molar-refractivity contribution in [3.63, 3.8) is 0 Å². The van der Waals surface area contributed by atoms with Crippen LogP contribution >= 0.6 is 0 Å². The number of hydrogen-bond donors (Lipinski definition) is 2. The maximum atomic E-state index is 12.2. The highest BCUT2D eigenvalue weighted by Gasteiger charge is 2.16. The first kappa shape index (κ1) is 18.2. The topological polar surface area (TPSA) is 61.8 Å². The van der Waals surface area contributed by atoms with Crippen LogP contribution < -0.4 is 10.2 Å². The second-order valence-corrected chi connectivity index (χ2v) is 6.18. The van der Waals surface area contributed by atoms with Crippen LogP contribution in [0.2, 0.25) is 0 Å². The molecule has 0 unspecified atom stereocenters. The first-order chi connectivity index (χ1) is 12.8. The van der Waals surface area contributed by atoms with Crippen molar-refractivity contribution in [1.29, 1.82) is 0 Å². The van der Waals surface area contributed by atoms with Crippen molar-refractivity contribution < 1.29 is 14.6 Å². The normalized spacial score (nSPS) is 15.8. The van der Waals surface area contributed by atoms with Crippen molar-refractivity contribution in [1.82, 2.24) is 5.32 Å². The minimum atomic E-state index is -0.441. The maximum absolute atomic E-state index is 12.2. The summed E-state index contributed by atoms with van der Waals surface area (Å²) in [6, 6.07) is 17.1. The molecular weight excluding hydrogens is 328 g/mol. The molecule has 1 aliphatic heterocycles. The third-order valence-corrected chi connectivity index (χ3v) is 4.37. The molecule has 0 aliphatic carbocycles. The molecule has 5 heteroatoms. The van der Waals surface area contributed by atoms with Crippen LogP contribution in [0, 0.1) is 0 Å². The van der Waals surface area contributed by atoms with Crippen molar-refractivity contribution in [2.24, 2.45) is 0 Å². The number of aliphatic hydroxyl groups is 1. The summed E-state index contributed by atoms with van der Waals surface area (Å²) in [7, 11) is 0. The van der Waals surface area contributed by atoms with Gasteiger partial charge in [-0.15, -0.1) is 0 Å². The molecule has 2 aromatic rings. The van der Waals surface area contributed by atoms with E-state index < -0.39 is 6.04 Å². The fourth-order valence-corrected chi connectivity index (χ4v) is 2.95. The molecule has 1 heterocycles. The molecule has 1 atom stereocenters. The molecular formula is C21H24N2O3. The fourth-order valence-electron chi connectivity index (χ4n) is 2.95. The van der Waals surface area contributed by atoms with Crippen LogP contribution in [0.4, 0.5) is 5.69 Å². The monoisotopic (exact) mass is 352 g/mol. The number of rotatable bonds is 6. The van der Waals surface area contributed by atoms with E-state index in [0.717, 1.165) is 29.9 Å². The molecule has 1 saturated heterocycles. The Morgan fingerprint density at radius 2 is 1.92 bits per heavy atom. The van der Waals surface area contributed by atoms with Crippen molar-refractivity contribution >= 4 is 17.7 Å². The summed E-state index contributed by atoms with van der Waals surface area (Å²) in [5.74, 6) is -0.232. The van der Waals surface area contributed by atoms with Gasteiger partial charge in [-0.3, -0.25) is 4.79 Å². The molecule has 26 heavy (non-hydrogen) atoms. The number of nitrogens with zero attached hydrogens (tertiary/aromatic N) is 1. The third-order valence-electron chi connectivity index (χ3n) is 4.37. The molecule has 1 amide bonds. The number of nitrogens with one attached hydrogen (secondary N) is 1. The lowest BCUT2D eigenvalue weighted by Gasteiger charge is -2.29. The highest BCUT2D eigenvalue weighted by molar-refractivity contribution is 5.92. The van der Waals surface area contributed by atoms with Gasteiger partial charge in [0.05, 0.1) is 25.9 Å². The van der Waals surface area contributed by atoms with E-state index in [1.165, 1.54) is 6.08 Å². The fraction of sp³-hybridized carbons (Fsp3) is 0.286. The molecule has 1 aliphatic rings. The predicted octanol–water partition coefficient (Wildman–Crippen LogP) is 2.39. The quantitative estimate of drug-likeness (QED) is 0.784. The highest BCUT2D eigenvalue weighted by atomic mass is 16.5. The van der Waals surface area contributed by atoms with E-state index in [9.17, 15) is 9.90 Å². The lowest BCUT2D eigenvalue weighted by molar-refractivity contribution is -0.117. The van der Waals surface area contributed by atoms with E-state index in [1.807, 2.05) is 54.6 Å². The molecule has 0 spiro atoms. The molecule has 0 aromatic heterocycles. The van der Waals surface area contributed by atoms with E-state index in [0.29, 0.717) is 13.2 Å². The summed E-state index contributed by atoms with van der Waals surface area (Å²) in [5, 5.41) is 12.6. The van der Waals surface area contributed by atoms with E-state index in [-0.39, 0.29) is 12.5 Å². The Morgan fingerprint density at radius 3 is 2.65 bits per heavy atom. The van der Waals surface area contributed by atoms with Crippen molar-refractivity contribution in [3.8, 4) is 0 Å². The van der Waals surface area contributed by atoms with Gasteiger partial charge in [0.15, 0.2) is 0 Å². The van der Waals surface area contributed by atoms with Gasteiger partial charge in [-0.05, 0) is 29.3 Å². The van der Waals surface area contributed by atoms with Crippen molar-refractivity contribution in [2.75, 3.05) is 37.8 Å². The second-order valence-electron chi connectivity index (χ2n) is 6.18. The lowest BCUT2D eigenvalue weighted by Crippen LogP contribution is -2.36. The van der Waals surface area contributed by atoms with E-state index >= 15 is 0 Å². The summed E-state index contributed by atoms with van der Waals surface area (Å²) < 4.78 is 5.39. The van der Waals surface area contributed by atoms with Crippen LogP contribution in [0.25, 0.3) is 6.08 Å².